The molecule has 0 radical (unpaired) electrons. The highest BCUT2D eigenvalue weighted by Gasteiger charge is 2.15. The minimum Gasteiger partial charge on any atom is -0.383 e. The van der Waals surface area contributed by atoms with Gasteiger partial charge >= 0.3 is 0 Å². The maximum absolute atomic E-state index is 5.65. The van der Waals surface area contributed by atoms with E-state index in [1.165, 1.54) is 27.8 Å². The summed E-state index contributed by atoms with van der Waals surface area (Å²) in [5.74, 6) is 1.05. The molecule has 0 saturated carbocycles. The van der Waals surface area contributed by atoms with Crippen molar-refractivity contribution in [1.29, 1.82) is 0 Å². The molecule has 20 heavy (non-hydrogen) atoms. The topological polar surface area (TPSA) is 30.5 Å². The van der Waals surface area contributed by atoms with E-state index in [1.54, 1.807) is 7.11 Å². The lowest BCUT2D eigenvalue weighted by Gasteiger charge is -2.11. The molecule has 0 spiro atoms. The van der Waals surface area contributed by atoms with E-state index in [1.807, 2.05) is 11.8 Å². The van der Waals surface area contributed by atoms with Gasteiger partial charge in [0.1, 0.15) is 0 Å². The fourth-order valence-electron chi connectivity index (χ4n) is 2.12. The Kier molecular flexibility index (Phi) is 7.38. The van der Waals surface area contributed by atoms with Gasteiger partial charge in [-0.25, -0.2) is 0 Å². The summed E-state index contributed by atoms with van der Waals surface area (Å²) < 4.78 is 11.8. The van der Waals surface area contributed by atoms with Gasteiger partial charge in [-0.15, -0.1) is 11.8 Å². The van der Waals surface area contributed by atoms with Gasteiger partial charge in [0, 0.05) is 41.9 Å². The number of halogens is 1. The molecule has 2 rings (SSSR count). The Morgan fingerprint density at radius 2 is 2.40 bits per heavy atom. The zero-order valence-electron chi connectivity index (χ0n) is 11.9. The summed E-state index contributed by atoms with van der Waals surface area (Å²) in [5.41, 5.74) is 1.28. The van der Waals surface area contributed by atoms with E-state index in [-0.39, 0.29) is 0 Å². The largest absolute Gasteiger partial charge is 0.383 e. The van der Waals surface area contributed by atoms with Crippen LogP contribution < -0.4 is 5.32 Å². The lowest BCUT2D eigenvalue weighted by molar-refractivity contribution is 0.129. The quantitative estimate of drug-likeness (QED) is 0.568. The summed E-state index contributed by atoms with van der Waals surface area (Å²) in [6.07, 6.45) is 2.85. The number of benzene rings is 1. The summed E-state index contributed by atoms with van der Waals surface area (Å²) >= 11 is 5.53. The maximum Gasteiger partial charge on any atom is 0.0669 e. The molecule has 1 aliphatic rings. The van der Waals surface area contributed by atoms with Gasteiger partial charge in [-0.05, 0) is 30.5 Å². The van der Waals surface area contributed by atoms with Crippen molar-refractivity contribution in [3.8, 4) is 0 Å². The monoisotopic (exact) mass is 359 g/mol. The summed E-state index contributed by atoms with van der Waals surface area (Å²) in [4.78, 5) is 1.30. The first kappa shape index (κ1) is 16.3. The predicted octanol–water partition coefficient (Wildman–Crippen LogP) is 3.46. The summed E-state index contributed by atoms with van der Waals surface area (Å²) in [7, 11) is 1.72. The molecule has 1 N–H and O–H groups in total. The number of hydrogen-bond donors (Lipinski definition) is 1. The van der Waals surface area contributed by atoms with E-state index in [2.05, 4.69) is 39.4 Å². The standard InChI is InChI=1S/C15H22BrNO2S/c1-18-8-6-17-10-12-4-5-14(9-15(12)16)20-11-13-3-2-7-19-13/h4-5,9,13,17H,2-3,6-8,10-11H2,1H3. The molecule has 112 valence electrons. The second kappa shape index (κ2) is 9.05. The van der Waals surface area contributed by atoms with Crippen molar-refractivity contribution in [3.05, 3.63) is 28.2 Å². The fraction of sp³-hybridized carbons (Fsp3) is 0.600. The normalized spacial score (nSPS) is 18.6. The molecule has 1 heterocycles. The van der Waals surface area contributed by atoms with Gasteiger partial charge in [0.15, 0.2) is 0 Å². The van der Waals surface area contributed by atoms with Crippen molar-refractivity contribution in [2.24, 2.45) is 0 Å². The van der Waals surface area contributed by atoms with E-state index >= 15 is 0 Å². The minimum atomic E-state index is 0.439. The highest BCUT2D eigenvalue weighted by Crippen LogP contribution is 2.28. The van der Waals surface area contributed by atoms with Crippen LogP contribution in [-0.2, 0) is 16.0 Å². The molecule has 1 saturated heterocycles. The average molecular weight is 360 g/mol. The highest BCUT2D eigenvalue weighted by atomic mass is 79.9. The van der Waals surface area contributed by atoms with Crippen molar-refractivity contribution in [3.63, 3.8) is 0 Å². The van der Waals surface area contributed by atoms with Crippen LogP contribution in [0.4, 0.5) is 0 Å². The van der Waals surface area contributed by atoms with Gasteiger partial charge in [-0.2, -0.15) is 0 Å². The molecule has 0 aromatic heterocycles. The molecule has 1 aromatic carbocycles. The number of thioether (sulfide) groups is 1. The van der Waals surface area contributed by atoms with Gasteiger partial charge in [-0.1, -0.05) is 22.0 Å². The van der Waals surface area contributed by atoms with Gasteiger partial charge < -0.3 is 14.8 Å². The molecule has 5 heteroatoms. The first-order valence-corrected chi connectivity index (χ1v) is 8.80. The van der Waals surface area contributed by atoms with Crippen LogP contribution >= 0.6 is 27.7 Å². The van der Waals surface area contributed by atoms with E-state index in [0.717, 1.165) is 32.1 Å². The third-order valence-electron chi connectivity index (χ3n) is 3.28. The number of hydrogen-bond acceptors (Lipinski definition) is 4. The van der Waals surface area contributed by atoms with Crippen LogP contribution in [0.1, 0.15) is 18.4 Å². The second-order valence-electron chi connectivity index (χ2n) is 4.87. The van der Waals surface area contributed by atoms with Gasteiger partial charge in [0.2, 0.25) is 0 Å². The SMILES string of the molecule is COCCNCc1ccc(SCC2CCCO2)cc1Br. The zero-order valence-corrected chi connectivity index (χ0v) is 14.3. The third-order valence-corrected chi connectivity index (χ3v) is 5.15. The zero-order chi connectivity index (χ0) is 14.2. The van der Waals surface area contributed by atoms with E-state index in [0.29, 0.717) is 6.10 Å². The molecule has 0 aliphatic carbocycles. The number of rotatable bonds is 8. The molecule has 0 amide bonds. The maximum atomic E-state index is 5.65. The Labute approximate surface area is 133 Å². The minimum absolute atomic E-state index is 0.439. The van der Waals surface area contributed by atoms with Crippen LogP contribution in [0, 0.1) is 0 Å². The number of methoxy groups -OCH3 is 1. The first-order valence-electron chi connectivity index (χ1n) is 7.02. The van der Waals surface area contributed by atoms with E-state index in [9.17, 15) is 0 Å². The van der Waals surface area contributed by atoms with Crippen LogP contribution in [0.5, 0.6) is 0 Å². The summed E-state index contributed by atoms with van der Waals surface area (Å²) in [6.45, 7) is 3.41. The molecule has 1 fully saturated rings. The molecule has 1 atom stereocenters. The first-order chi connectivity index (χ1) is 9.79. The van der Waals surface area contributed by atoms with Gasteiger partial charge in [0.25, 0.3) is 0 Å². The van der Waals surface area contributed by atoms with Crippen LogP contribution in [0.3, 0.4) is 0 Å². The predicted molar refractivity (Wildman–Crippen MR) is 87.4 cm³/mol. The van der Waals surface area contributed by atoms with Crippen LogP contribution in [-0.4, -0.2) is 38.7 Å². The Morgan fingerprint density at radius 3 is 3.10 bits per heavy atom. The molecule has 0 bridgehead atoms. The van der Waals surface area contributed by atoms with Crippen molar-refractivity contribution >= 4 is 27.7 Å². The van der Waals surface area contributed by atoms with Crippen LogP contribution in [0.25, 0.3) is 0 Å². The Balaban J connectivity index is 1.78. The van der Waals surface area contributed by atoms with Crippen molar-refractivity contribution in [2.75, 3.05) is 32.6 Å². The number of nitrogens with one attached hydrogen (secondary N) is 1. The smallest absolute Gasteiger partial charge is 0.0669 e. The average Bonchev–Trinajstić information content (AvgIpc) is 2.96. The van der Waals surface area contributed by atoms with E-state index < -0.39 is 0 Å². The Morgan fingerprint density at radius 1 is 1.50 bits per heavy atom. The van der Waals surface area contributed by atoms with E-state index in [4.69, 9.17) is 9.47 Å². The summed E-state index contributed by atoms with van der Waals surface area (Å²) in [5, 5.41) is 3.36. The van der Waals surface area contributed by atoms with Crippen LogP contribution in [0.15, 0.2) is 27.6 Å². The lowest BCUT2D eigenvalue weighted by atomic mass is 10.2. The van der Waals surface area contributed by atoms with Crippen molar-refractivity contribution in [1.82, 2.24) is 5.32 Å². The molecular formula is C15H22BrNO2S. The molecule has 1 unspecified atom stereocenters. The van der Waals surface area contributed by atoms with Gasteiger partial charge in [0.05, 0.1) is 12.7 Å². The lowest BCUT2D eigenvalue weighted by Crippen LogP contribution is -2.18. The van der Waals surface area contributed by atoms with Crippen LogP contribution in [0.2, 0.25) is 0 Å². The number of ether oxygens (including phenoxy) is 2. The Bertz CT molecular complexity index is 411. The fourth-order valence-corrected chi connectivity index (χ4v) is 3.80. The van der Waals surface area contributed by atoms with Gasteiger partial charge in [-0.3, -0.25) is 0 Å². The molecule has 1 aromatic rings. The van der Waals surface area contributed by atoms with Crippen molar-refractivity contribution < 1.29 is 9.47 Å². The second-order valence-corrected chi connectivity index (χ2v) is 6.82. The summed E-state index contributed by atoms with van der Waals surface area (Å²) in [6, 6.07) is 6.58. The molecule has 1 aliphatic heterocycles. The highest BCUT2D eigenvalue weighted by molar-refractivity contribution is 9.10. The van der Waals surface area contributed by atoms with Crippen molar-refractivity contribution in [2.45, 2.75) is 30.4 Å². The molecule has 3 nitrogen and oxygen atoms in total. The Hall–Kier alpha value is -0.0700. The third kappa shape index (κ3) is 5.37. The molecular weight excluding hydrogens is 338 g/mol.